The predicted molar refractivity (Wildman–Crippen MR) is 49.8 cm³/mol. The quantitative estimate of drug-likeness (QED) is 0.543. The van der Waals surface area contributed by atoms with Crippen LogP contribution in [0.1, 0.15) is 27.2 Å². The van der Waals surface area contributed by atoms with Crippen LogP contribution in [0.5, 0.6) is 0 Å². The average molecular weight is 149 g/mol. The van der Waals surface area contributed by atoms with Crippen LogP contribution >= 0.6 is 0 Å². The van der Waals surface area contributed by atoms with E-state index in [1.54, 1.807) is 0 Å². The summed E-state index contributed by atoms with van der Waals surface area (Å²) in [5, 5.41) is 0. The summed E-state index contributed by atoms with van der Waals surface area (Å²) in [6, 6.07) is 0. The Hall–Kier alpha value is -0.850. The Morgan fingerprint density at radius 1 is 1.55 bits per heavy atom. The van der Waals surface area contributed by atoms with Crippen molar-refractivity contribution in [3.63, 3.8) is 0 Å². The first-order valence-electron chi connectivity index (χ1n) is 3.94. The first kappa shape index (κ1) is 8.25. The van der Waals surface area contributed by atoms with E-state index in [0.717, 1.165) is 12.1 Å². The fourth-order valence-corrected chi connectivity index (χ4v) is 1.05. The van der Waals surface area contributed by atoms with E-state index in [9.17, 15) is 0 Å². The third-order valence-electron chi connectivity index (χ3n) is 1.77. The van der Waals surface area contributed by atoms with Crippen molar-refractivity contribution in [2.75, 3.05) is 0 Å². The van der Waals surface area contributed by atoms with E-state index in [1.165, 1.54) is 5.70 Å². The molecule has 0 atom stereocenters. The maximum Gasteiger partial charge on any atom is 0.0439 e. The lowest BCUT2D eigenvalue weighted by Crippen LogP contribution is -2.05. The third-order valence-corrected chi connectivity index (χ3v) is 1.77. The zero-order valence-corrected chi connectivity index (χ0v) is 7.52. The van der Waals surface area contributed by atoms with Gasteiger partial charge < -0.3 is 0 Å². The highest BCUT2D eigenvalue weighted by molar-refractivity contribution is 5.97. The molecule has 0 aromatic heterocycles. The SMILES string of the molecule is C=CC1=NC(C(C)(C)C)=CC1. The largest absolute Gasteiger partial charge is 0.257 e. The molecule has 0 aromatic rings. The van der Waals surface area contributed by atoms with Crippen LogP contribution < -0.4 is 0 Å². The summed E-state index contributed by atoms with van der Waals surface area (Å²) in [6.07, 6.45) is 4.96. The van der Waals surface area contributed by atoms with Crippen molar-refractivity contribution in [1.29, 1.82) is 0 Å². The van der Waals surface area contributed by atoms with E-state index < -0.39 is 0 Å². The van der Waals surface area contributed by atoms with Gasteiger partial charge in [0.05, 0.1) is 0 Å². The highest BCUT2D eigenvalue weighted by atomic mass is 14.8. The van der Waals surface area contributed by atoms with Gasteiger partial charge in [-0.1, -0.05) is 33.4 Å². The van der Waals surface area contributed by atoms with Gasteiger partial charge in [0.1, 0.15) is 0 Å². The molecule has 1 nitrogen and oxygen atoms in total. The van der Waals surface area contributed by atoms with Gasteiger partial charge in [-0.3, -0.25) is 4.99 Å². The van der Waals surface area contributed by atoms with Crippen LogP contribution in [0.4, 0.5) is 0 Å². The highest BCUT2D eigenvalue weighted by Gasteiger charge is 2.19. The van der Waals surface area contributed by atoms with Crippen molar-refractivity contribution in [3.8, 4) is 0 Å². The summed E-state index contributed by atoms with van der Waals surface area (Å²) >= 11 is 0. The number of hydrogen-bond donors (Lipinski definition) is 0. The molecule has 0 aromatic carbocycles. The van der Waals surface area contributed by atoms with E-state index in [-0.39, 0.29) is 5.41 Å². The molecule has 0 spiro atoms. The summed E-state index contributed by atoms with van der Waals surface area (Å²) in [6.45, 7) is 10.2. The van der Waals surface area contributed by atoms with Crippen LogP contribution in [0, 0.1) is 5.41 Å². The first-order chi connectivity index (χ1) is 5.04. The molecule has 11 heavy (non-hydrogen) atoms. The number of nitrogens with zero attached hydrogens (tertiary/aromatic N) is 1. The second-order valence-corrected chi connectivity index (χ2v) is 3.85. The Kier molecular flexibility index (Phi) is 1.99. The lowest BCUT2D eigenvalue weighted by Gasteiger charge is -2.16. The summed E-state index contributed by atoms with van der Waals surface area (Å²) in [5.41, 5.74) is 2.47. The summed E-state index contributed by atoms with van der Waals surface area (Å²) < 4.78 is 0. The maximum atomic E-state index is 4.44. The van der Waals surface area contributed by atoms with Crippen LogP contribution in [0.2, 0.25) is 0 Å². The second-order valence-electron chi connectivity index (χ2n) is 3.85. The van der Waals surface area contributed by atoms with Crippen LogP contribution in [0.15, 0.2) is 29.4 Å². The molecule has 0 amide bonds. The van der Waals surface area contributed by atoms with Crippen LogP contribution in [-0.4, -0.2) is 5.71 Å². The molecule has 0 bridgehead atoms. The fourth-order valence-electron chi connectivity index (χ4n) is 1.05. The van der Waals surface area contributed by atoms with Crippen LogP contribution in [0.3, 0.4) is 0 Å². The number of hydrogen-bond acceptors (Lipinski definition) is 1. The summed E-state index contributed by atoms with van der Waals surface area (Å²) in [7, 11) is 0. The van der Waals surface area contributed by atoms with Crippen molar-refractivity contribution < 1.29 is 0 Å². The van der Waals surface area contributed by atoms with E-state index in [4.69, 9.17) is 0 Å². The van der Waals surface area contributed by atoms with E-state index in [0.29, 0.717) is 0 Å². The van der Waals surface area contributed by atoms with Gasteiger partial charge in [-0.25, -0.2) is 0 Å². The fraction of sp³-hybridized carbons (Fsp3) is 0.500. The van der Waals surface area contributed by atoms with Gasteiger partial charge >= 0.3 is 0 Å². The molecule has 60 valence electrons. The minimum absolute atomic E-state index is 0.185. The Balaban J connectivity index is 2.79. The first-order valence-corrected chi connectivity index (χ1v) is 3.94. The van der Waals surface area contributed by atoms with Gasteiger partial charge in [-0.2, -0.15) is 0 Å². The van der Waals surface area contributed by atoms with Crippen molar-refractivity contribution in [3.05, 3.63) is 24.4 Å². The van der Waals surface area contributed by atoms with Crippen LogP contribution in [-0.2, 0) is 0 Å². The Labute approximate surface area is 68.5 Å². The molecule has 0 radical (unpaired) electrons. The Morgan fingerprint density at radius 3 is 2.45 bits per heavy atom. The van der Waals surface area contributed by atoms with Crippen molar-refractivity contribution >= 4 is 5.71 Å². The highest BCUT2D eigenvalue weighted by Crippen LogP contribution is 2.29. The van der Waals surface area contributed by atoms with Gasteiger partial charge in [0.15, 0.2) is 0 Å². The van der Waals surface area contributed by atoms with Crippen molar-refractivity contribution in [2.45, 2.75) is 27.2 Å². The molecule has 0 unspecified atom stereocenters. The minimum atomic E-state index is 0.185. The van der Waals surface area contributed by atoms with E-state index in [1.807, 2.05) is 6.08 Å². The van der Waals surface area contributed by atoms with Gasteiger partial charge in [0.25, 0.3) is 0 Å². The molecule has 0 fully saturated rings. The zero-order chi connectivity index (χ0) is 8.48. The predicted octanol–water partition coefficient (Wildman–Crippen LogP) is 2.95. The standard InChI is InChI=1S/C10H15N/c1-5-8-6-7-9(11-8)10(2,3)4/h5,7H,1,6H2,2-4H3. The van der Waals surface area contributed by atoms with Gasteiger partial charge in [-0.15, -0.1) is 0 Å². The smallest absolute Gasteiger partial charge is 0.0439 e. The summed E-state index contributed by atoms with van der Waals surface area (Å²) in [4.78, 5) is 4.44. The Morgan fingerprint density at radius 2 is 2.18 bits per heavy atom. The van der Waals surface area contributed by atoms with Crippen LogP contribution in [0.25, 0.3) is 0 Å². The van der Waals surface area contributed by atoms with Gasteiger partial charge in [-0.05, 0) is 6.08 Å². The third kappa shape index (κ3) is 1.79. The minimum Gasteiger partial charge on any atom is -0.257 e. The molecule has 1 heterocycles. The van der Waals surface area contributed by atoms with E-state index in [2.05, 4.69) is 38.4 Å². The van der Waals surface area contributed by atoms with Crippen molar-refractivity contribution in [2.24, 2.45) is 10.4 Å². The van der Waals surface area contributed by atoms with Crippen molar-refractivity contribution in [1.82, 2.24) is 0 Å². The van der Waals surface area contributed by atoms with Gasteiger partial charge in [0.2, 0.25) is 0 Å². The topological polar surface area (TPSA) is 12.4 Å². The zero-order valence-electron chi connectivity index (χ0n) is 7.52. The second kappa shape index (κ2) is 2.65. The average Bonchev–Trinajstić information content (AvgIpc) is 2.32. The molecular formula is C10H15N. The monoisotopic (exact) mass is 149 g/mol. The number of allylic oxidation sites excluding steroid dienone is 3. The molecule has 1 rings (SSSR count). The molecule has 1 aliphatic heterocycles. The summed E-state index contributed by atoms with van der Waals surface area (Å²) in [5.74, 6) is 0. The number of aliphatic imine (C=N–C) groups is 1. The molecule has 0 N–H and O–H groups in total. The molecule has 1 aliphatic rings. The molecular weight excluding hydrogens is 134 g/mol. The van der Waals surface area contributed by atoms with E-state index >= 15 is 0 Å². The maximum absolute atomic E-state index is 4.44. The Bertz CT molecular complexity index is 226. The lowest BCUT2D eigenvalue weighted by molar-refractivity contribution is 0.500. The molecule has 0 saturated heterocycles. The lowest BCUT2D eigenvalue weighted by atomic mass is 9.92. The van der Waals surface area contributed by atoms with Gasteiger partial charge in [0, 0.05) is 23.2 Å². The molecule has 1 heteroatoms. The normalized spacial score (nSPS) is 17.7. The molecule has 0 aliphatic carbocycles. The number of rotatable bonds is 1. The molecule has 0 saturated carbocycles.